The topological polar surface area (TPSA) is 56.1 Å². The molecule has 0 spiro atoms. The van der Waals surface area contributed by atoms with Crippen molar-refractivity contribution in [3.05, 3.63) is 23.2 Å². The van der Waals surface area contributed by atoms with E-state index in [9.17, 15) is 4.79 Å². The number of urea groups is 1. The van der Waals surface area contributed by atoms with E-state index in [1.165, 1.54) is 16.7 Å². The van der Waals surface area contributed by atoms with Crippen LogP contribution in [0.25, 0.3) is 0 Å². The quantitative estimate of drug-likeness (QED) is 0.859. The van der Waals surface area contributed by atoms with Crippen LogP contribution >= 0.6 is 23.4 Å². The van der Waals surface area contributed by atoms with Gasteiger partial charge in [-0.15, -0.1) is 11.8 Å². The number of benzene rings is 1. The van der Waals surface area contributed by atoms with E-state index in [-0.39, 0.29) is 12.1 Å². The molecule has 0 fully saturated rings. The molecule has 2 amide bonds. The summed E-state index contributed by atoms with van der Waals surface area (Å²) in [6.45, 7) is 1.83. The molecule has 1 atom stereocenters. The minimum Gasteiger partial charge on any atom is -0.324 e. The normalized spacial score (nSPS) is 11.5. The smallest absolute Gasteiger partial charge is 0.321 e. The van der Waals surface area contributed by atoms with Crippen molar-refractivity contribution in [1.29, 1.82) is 5.26 Å². The standard InChI is InChI=1S/C13H16ClN3OS/c1-9(7-8-15)17(2)13(18)16-11-6-4-5-10(14)12(11)19-3/h4-6,9H,7H2,1-3H3,(H,16,18)/t9-/m1/s1. The third-order valence-electron chi connectivity index (χ3n) is 2.78. The van der Waals surface area contributed by atoms with E-state index >= 15 is 0 Å². The monoisotopic (exact) mass is 297 g/mol. The Labute approximate surface area is 122 Å². The molecular formula is C13H16ClN3OS. The zero-order valence-electron chi connectivity index (χ0n) is 11.1. The van der Waals surface area contributed by atoms with Crippen molar-refractivity contribution in [2.45, 2.75) is 24.3 Å². The molecule has 0 aliphatic rings. The third kappa shape index (κ3) is 4.05. The highest BCUT2D eigenvalue weighted by Gasteiger charge is 2.17. The molecule has 19 heavy (non-hydrogen) atoms. The summed E-state index contributed by atoms with van der Waals surface area (Å²) in [5.41, 5.74) is 0.681. The second-order valence-electron chi connectivity index (χ2n) is 4.07. The first-order valence-electron chi connectivity index (χ1n) is 5.74. The maximum absolute atomic E-state index is 12.1. The highest BCUT2D eigenvalue weighted by atomic mass is 35.5. The zero-order valence-corrected chi connectivity index (χ0v) is 12.7. The Bertz CT molecular complexity index is 501. The molecule has 0 unspecified atom stereocenters. The molecule has 1 aromatic carbocycles. The first kappa shape index (κ1) is 15.7. The van der Waals surface area contributed by atoms with Crippen LogP contribution in [0.1, 0.15) is 13.3 Å². The number of amides is 2. The average Bonchev–Trinajstić information content (AvgIpc) is 2.38. The van der Waals surface area contributed by atoms with Crippen molar-refractivity contribution >= 4 is 35.1 Å². The van der Waals surface area contributed by atoms with Crippen LogP contribution in [-0.2, 0) is 0 Å². The summed E-state index contributed by atoms with van der Waals surface area (Å²) in [6, 6.07) is 7.04. The number of carbonyl (C=O) groups is 1. The van der Waals surface area contributed by atoms with Crippen LogP contribution in [-0.4, -0.2) is 30.3 Å². The molecule has 0 aromatic heterocycles. The minimum absolute atomic E-state index is 0.137. The van der Waals surface area contributed by atoms with E-state index < -0.39 is 0 Å². The summed E-state index contributed by atoms with van der Waals surface area (Å²) in [5, 5.41) is 12.1. The van der Waals surface area contributed by atoms with Gasteiger partial charge in [0.25, 0.3) is 0 Å². The maximum atomic E-state index is 12.1. The van der Waals surface area contributed by atoms with Crippen LogP contribution in [0.5, 0.6) is 0 Å². The molecule has 0 aliphatic carbocycles. The predicted octanol–water partition coefficient (Wildman–Crippen LogP) is 3.83. The van der Waals surface area contributed by atoms with Gasteiger partial charge in [0, 0.05) is 18.0 Å². The van der Waals surface area contributed by atoms with Gasteiger partial charge in [-0.2, -0.15) is 5.26 Å². The van der Waals surface area contributed by atoms with E-state index in [0.717, 1.165) is 4.90 Å². The van der Waals surface area contributed by atoms with Gasteiger partial charge in [-0.3, -0.25) is 0 Å². The third-order valence-corrected chi connectivity index (χ3v) is 4.06. The van der Waals surface area contributed by atoms with Gasteiger partial charge < -0.3 is 10.2 Å². The van der Waals surface area contributed by atoms with Crippen LogP contribution < -0.4 is 5.32 Å². The van der Waals surface area contributed by atoms with Crippen LogP contribution in [0.2, 0.25) is 5.02 Å². The number of hydrogen-bond donors (Lipinski definition) is 1. The number of anilines is 1. The molecule has 0 heterocycles. The summed E-state index contributed by atoms with van der Waals surface area (Å²) in [4.78, 5) is 14.4. The number of nitrogens with one attached hydrogen (secondary N) is 1. The van der Waals surface area contributed by atoms with Crippen molar-refractivity contribution in [3.63, 3.8) is 0 Å². The molecule has 0 saturated carbocycles. The summed E-state index contributed by atoms with van der Waals surface area (Å²) in [5.74, 6) is 0. The molecule has 1 aromatic rings. The first-order chi connectivity index (χ1) is 9.01. The lowest BCUT2D eigenvalue weighted by atomic mass is 10.2. The fraction of sp³-hybridized carbons (Fsp3) is 0.385. The van der Waals surface area contributed by atoms with Gasteiger partial charge in [0.05, 0.1) is 23.2 Å². The zero-order chi connectivity index (χ0) is 14.4. The van der Waals surface area contributed by atoms with Crippen LogP contribution in [0, 0.1) is 11.3 Å². The van der Waals surface area contributed by atoms with E-state index in [1.807, 2.05) is 13.2 Å². The molecular weight excluding hydrogens is 282 g/mol. The molecule has 0 saturated heterocycles. The molecule has 102 valence electrons. The minimum atomic E-state index is -0.250. The Hall–Kier alpha value is -1.38. The number of halogens is 1. The molecule has 1 rings (SSSR count). The largest absolute Gasteiger partial charge is 0.324 e. The van der Waals surface area contributed by atoms with Crippen LogP contribution in [0.15, 0.2) is 23.1 Å². The van der Waals surface area contributed by atoms with E-state index in [0.29, 0.717) is 17.1 Å². The van der Waals surface area contributed by atoms with Crippen molar-refractivity contribution in [3.8, 4) is 6.07 Å². The van der Waals surface area contributed by atoms with Gasteiger partial charge in [-0.25, -0.2) is 4.79 Å². The number of thioether (sulfide) groups is 1. The Morgan fingerprint density at radius 1 is 1.63 bits per heavy atom. The van der Waals surface area contributed by atoms with Gasteiger partial charge >= 0.3 is 6.03 Å². The van der Waals surface area contributed by atoms with Crippen LogP contribution in [0.3, 0.4) is 0 Å². The lowest BCUT2D eigenvalue weighted by Gasteiger charge is -2.24. The molecule has 0 radical (unpaired) electrons. The van der Waals surface area contributed by atoms with Gasteiger partial charge in [0.1, 0.15) is 0 Å². The lowest BCUT2D eigenvalue weighted by Crippen LogP contribution is -2.38. The highest BCUT2D eigenvalue weighted by molar-refractivity contribution is 7.98. The van der Waals surface area contributed by atoms with E-state index in [4.69, 9.17) is 16.9 Å². The SMILES string of the molecule is CSc1c(Cl)cccc1NC(=O)N(C)[C@H](C)CC#N. The summed E-state index contributed by atoms with van der Waals surface area (Å²) in [6.07, 6.45) is 2.20. The molecule has 4 nitrogen and oxygen atoms in total. The Kier molecular flexibility index (Phi) is 6.00. The average molecular weight is 298 g/mol. The van der Waals surface area contributed by atoms with Crippen molar-refractivity contribution in [1.82, 2.24) is 4.90 Å². The number of rotatable bonds is 4. The van der Waals surface area contributed by atoms with Crippen LogP contribution in [0.4, 0.5) is 10.5 Å². The molecule has 1 N–H and O–H groups in total. The number of hydrogen-bond acceptors (Lipinski definition) is 3. The molecule has 6 heteroatoms. The van der Waals surface area contributed by atoms with E-state index in [2.05, 4.69) is 11.4 Å². The van der Waals surface area contributed by atoms with Gasteiger partial charge in [0.2, 0.25) is 0 Å². The fourth-order valence-corrected chi connectivity index (χ4v) is 2.50. The Morgan fingerprint density at radius 2 is 2.32 bits per heavy atom. The Balaban J connectivity index is 2.83. The lowest BCUT2D eigenvalue weighted by molar-refractivity contribution is 0.208. The van der Waals surface area contributed by atoms with Crippen molar-refractivity contribution < 1.29 is 4.79 Å². The second kappa shape index (κ2) is 7.27. The summed E-state index contributed by atoms with van der Waals surface area (Å²) >= 11 is 7.55. The summed E-state index contributed by atoms with van der Waals surface area (Å²) in [7, 11) is 1.67. The summed E-state index contributed by atoms with van der Waals surface area (Å²) < 4.78 is 0. The first-order valence-corrected chi connectivity index (χ1v) is 7.34. The number of nitriles is 1. The second-order valence-corrected chi connectivity index (χ2v) is 5.30. The van der Waals surface area contributed by atoms with Gasteiger partial charge in [0.15, 0.2) is 0 Å². The number of carbonyl (C=O) groups excluding carboxylic acids is 1. The maximum Gasteiger partial charge on any atom is 0.321 e. The van der Waals surface area contributed by atoms with Crippen molar-refractivity contribution in [2.75, 3.05) is 18.6 Å². The molecule has 0 aliphatic heterocycles. The number of nitrogens with zero attached hydrogens (tertiary/aromatic N) is 2. The van der Waals surface area contributed by atoms with E-state index in [1.54, 1.807) is 25.2 Å². The Morgan fingerprint density at radius 3 is 2.89 bits per heavy atom. The van der Waals surface area contributed by atoms with Gasteiger partial charge in [-0.05, 0) is 25.3 Å². The van der Waals surface area contributed by atoms with Crippen molar-refractivity contribution in [2.24, 2.45) is 0 Å². The fourth-order valence-electron chi connectivity index (χ4n) is 1.49. The highest BCUT2D eigenvalue weighted by Crippen LogP contribution is 2.32. The predicted molar refractivity (Wildman–Crippen MR) is 79.7 cm³/mol. The van der Waals surface area contributed by atoms with Gasteiger partial charge in [-0.1, -0.05) is 17.7 Å². The molecule has 0 bridgehead atoms.